The molecule has 0 bridgehead atoms. The first-order valence-corrected chi connectivity index (χ1v) is 10.2. The Labute approximate surface area is 178 Å². The number of aliphatic carboxylic acids is 1. The molecule has 0 radical (unpaired) electrons. The molecule has 1 aromatic carbocycles. The van der Waals surface area contributed by atoms with Crippen molar-refractivity contribution < 1.29 is 38.4 Å². The molecule has 0 saturated carbocycles. The molecule has 0 aliphatic heterocycles. The number of hydrogen-bond donors (Lipinski definition) is 1. The van der Waals surface area contributed by atoms with Gasteiger partial charge in [0.15, 0.2) is 23.7 Å². The second-order valence-electron chi connectivity index (χ2n) is 6.99. The topological polar surface area (TPSA) is 101 Å². The first-order valence-electron chi connectivity index (χ1n) is 10.2. The van der Waals surface area contributed by atoms with Crippen molar-refractivity contribution >= 4 is 11.9 Å². The molecule has 8 heteroatoms. The number of esters is 1. The van der Waals surface area contributed by atoms with Gasteiger partial charge in [0.05, 0.1) is 26.2 Å². The number of benzene rings is 1. The Morgan fingerprint density at radius 3 is 2.10 bits per heavy atom. The van der Waals surface area contributed by atoms with Crippen LogP contribution >= 0.6 is 0 Å². The molecule has 0 fully saturated rings. The van der Waals surface area contributed by atoms with Gasteiger partial charge in [-0.25, -0.2) is 0 Å². The second-order valence-corrected chi connectivity index (χ2v) is 6.99. The fourth-order valence-electron chi connectivity index (χ4n) is 2.99. The number of hydrogen-bond acceptors (Lipinski definition) is 7. The number of rotatable bonds is 14. The maximum atomic E-state index is 12.6. The van der Waals surface area contributed by atoms with Crippen molar-refractivity contribution in [2.24, 2.45) is 11.8 Å². The minimum atomic E-state index is -1.51. The molecule has 0 aliphatic rings. The fourth-order valence-corrected chi connectivity index (χ4v) is 2.99. The van der Waals surface area contributed by atoms with Crippen LogP contribution in [0.1, 0.15) is 46.1 Å². The van der Waals surface area contributed by atoms with E-state index in [0.717, 1.165) is 0 Å². The fraction of sp³-hybridized carbons (Fsp3) is 0.636. The Kier molecular flexibility index (Phi) is 11.2. The Hall–Kier alpha value is -2.32. The lowest BCUT2D eigenvalue weighted by Crippen LogP contribution is -2.40. The molecule has 0 aromatic heterocycles. The maximum absolute atomic E-state index is 12.6. The van der Waals surface area contributed by atoms with E-state index in [1.54, 1.807) is 39.0 Å². The van der Waals surface area contributed by atoms with Gasteiger partial charge < -0.3 is 28.8 Å². The molecular weight excluding hydrogens is 392 g/mol. The SMILES string of the molecule is CCOC(=O)C(C(=O)O)C(c1ccc(OC)c(OCC(C)C)c1)C(OCC)OCC. The number of ether oxygens (including phenoxy) is 5. The highest BCUT2D eigenvalue weighted by atomic mass is 16.7. The molecule has 1 rings (SSSR count). The Bertz CT molecular complexity index is 667. The molecule has 8 nitrogen and oxygen atoms in total. The van der Waals surface area contributed by atoms with Gasteiger partial charge >= 0.3 is 11.9 Å². The van der Waals surface area contributed by atoms with E-state index in [9.17, 15) is 14.7 Å². The van der Waals surface area contributed by atoms with Gasteiger partial charge in [-0.3, -0.25) is 9.59 Å². The Balaban J connectivity index is 3.53. The zero-order valence-electron chi connectivity index (χ0n) is 18.7. The summed E-state index contributed by atoms with van der Waals surface area (Å²) in [6.07, 6.45) is -0.961. The summed E-state index contributed by atoms with van der Waals surface area (Å²) in [6.45, 7) is 10.3. The summed E-state index contributed by atoms with van der Waals surface area (Å²) in [5.74, 6) is -3.39. The molecule has 2 unspecified atom stereocenters. The average molecular weight is 427 g/mol. The smallest absolute Gasteiger partial charge is 0.321 e. The summed E-state index contributed by atoms with van der Waals surface area (Å²) in [7, 11) is 1.52. The Morgan fingerprint density at radius 2 is 1.63 bits per heavy atom. The zero-order chi connectivity index (χ0) is 22.7. The van der Waals surface area contributed by atoms with Crippen LogP contribution in [0.4, 0.5) is 0 Å². The summed E-state index contributed by atoms with van der Waals surface area (Å²) in [6, 6.07) is 5.04. The highest BCUT2D eigenvalue weighted by molar-refractivity contribution is 5.95. The lowest BCUT2D eigenvalue weighted by molar-refractivity contribution is -0.181. The summed E-state index contributed by atoms with van der Waals surface area (Å²) in [5.41, 5.74) is 0.516. The summed E-state index contributed by atoms with van der Waals surface area (Å²) >= 11 is 0. The molecule has 1 N–H and O–H groups in total. The molecule has 170 valence electrons. The monoisotopic (exact) mass is 426 g/mol. The molecule has 0 aliphatic carbocycles. The van der Waals surface area contributed by atoms with E-state index in [4.69, 9.17) is 23.7 Å². The van der Waals surface area contributed by atoms with E-state index in [-0.39, 0.29) is 25.7 Å². The average Bonchev–Trinajstić information content (AvgIpc) is 2.69. The molecule has 0 spiro atoms. The van der Waals surface area contributed by atoms with Gasteiger partial charge in [0.1, 0.15) is 0 Å². The minimum Gasteiger partial charge on any atom is -0.493 e. The van der Waals surface area contributed by atoms with Crippen molar-refractivity contribution in [3.05, 3.63) is 23.8 Å². The predicted octanol–water partition coefficient (Wildman–Crippen LogP) is 3.48. The number of carboxylic acids is 1. The molecule has 30 heavy (non-hydrogen) atoms. The van der Waals surface area contributed by atoms with E-state index in [2.05, 4.69) is 0 Å². The predicted molar refractivity (Wildman–Crippen MR) is 111 cm³/mol. The van der Waals surface area contributed by atoms with Crippen LogP contribution in [-0.4, -0.2) is 56.9 Å². The molecule has 0 heterocycles. The Morgan fingerprint density at radius 1 is 1.00 bits per heavy atom. The van der Waals surface area contributed by atoms with Crippen LogP contribution in [0, 0.1) is 11.8 Å². The van der Waals surface area contributed by atoms with Crippen LogP contribution < -0.4 is 9.47 Å². The highest BCUT2D eigenvalue weighted by Gasteiger charge is 2.43. The van der Waals surface area contributed by atoms with E-state index in [1.807, 2.05) is 13.8 Å². The second kappa shape index (κ2) is 13.1. The third-order valence-corrected chi connectivity index (χ3v) is 4.27. The van der Waals surface area contributed by atoms with Gasteiger partial charge in [-0.15, -0.1) is 0 Å². The zero-order valence-corrected chi connectivity index (χ0v) is 18.7. The van der Waals surface area contributed by atoms with Crippen molar-refractivity contribution in [1.29, 1.82) is 0 Å². The van der Waals surface area contributed by atoms with Crippen LogP contribution in [0.15, 0.2) is 18.2 Å². The quantitative estimate of drug-likeness (QED) is 0.274. The minimum absolute atomic E-state index is 0.0641. The van der Waals surface area contributed by atoms with Gasteiger partial charge in [0, 0.05) is 13.2 Å². The number of carbonyl (C=O) groups excluding carboxylic acids is 1. The van der Waals surface area contributed by atoms with Crippen molar-refractivity contribution in [3.63, 3.8) is 0 Å². The van der Waals surface area contributed by atoms with Gasteiger partial charge in [0.2, 0.25) is 0 Å². The number of methoxy groups -OCH3 is 1. The van der Waals surface area contributed by atoms with Crippen molar-refractivity contribution in [3.8, 4) is 11.5 Å². The molecular formula is C22H34O8. The van der Waals surface area contributed by atoms with Crippen LogP contribution in [0.5, 0.6) is 11.5 Å². The summed E-state index contributed by atoms with van der Waals surface area (Å²) in [4.78, 5) is 24.7. The molecule has 1 aromatic rings. The van der Waals surface area contributed by atoms with Crippen molar-refractivity contribution in [1.82, 2.24) is 0 Å². The van der Waals surface area contributed by atoms with Crippen molar-refractivity contribution in [2.45, 2.75) is 46.8 Å². The van der Waals surface area contributed by atoms with Gasteiger partial charge in [-0.2, -0.15) is 0 Å². The summed E-state index contributed by atoms with van der Waals surface area (Å²) in [5, 5.41) is 9.87. The van der Waals surface area contributed by atoms with E-state index in [1.165, 1.54) is 7.11 Å². The van der Waals surface area contributed by atoms with Gasteiger partial charge in [-0.05, 0) is 44.4 Å². The largest absolute Gasteiger partial charge is 0.493 e. The number of carbonyl (C=O) groups is 2. The van der Waals surface area contributed by atoms with Crippen molar-refractivity contribution in [2.75, 3.05) is 33.5 Å². The molecule has 2 atom stereocenters. The lowest BCUT2D eigenvalue weighted by Gasteiger charge is -2.31. The lowest BCUT2D eigenvalue weighted by atomic mass is 9.84. The van der Waals surface area contributed by atoms with Crippen LogP contribution in [-0.2, 0) is 23.8 Å². The van der Waals surface area contributed by atoms with Gasteiger partial charge in [-0.1, -0.05) is 19.9 Å². The van der Waals surface area contributed by atoms with Crippen LogP contribution in [0.2, 0.25) is 0 Å². The third kappa shape index (κ3) is 7.18. The summed E-state index contributed by atoms with van der Waals surface area (Å²) < 4.78 is 27.6. The van der Waals surface area contributed by atoms with E-state index in [0.29, 0.717) is 23.7 Å². The molecule has 0 saturated heterocycles. The first kappa shape index (κ1) is 25.7. The van der Waals surface area contributed by atoms with E-state index < -0.39 is 30.1 Å². The van der Waals surface area contributed by atoms with Crippen LogP contribution in [0.25, 0.3) is 0 Å². The third-order valence-electron chi connectivity index (χ3n) is 4.27. The highest BCUT2D eigenvalue weighted by Crippen LogP contribution is 2.37. The van der Waals surface area contributed by atoms with E-state index >= 15 is 0 Å². The maximum Gasteiger partial charge on any atom is 0.321 e. The van der Waals surface area contributed by atoms with Gasteiger partial charge in [0.25, 0.3) is 0 Å². The standard InChI is InChI=1S/C22H34O8/c1-7-27-21(25)19(20(23)24)18(22(28-8-2)29-9-3)15-10-11-16(26-6)17(12-15)30-13-14(4)5/h10-12,14,18-19,22H,7-9,13H2,1-6H3,(H,23,24). The number of carboxylic acid groups (broad SMARTS) is 1. The molecule has 0 amide bonds. The van der Waals surface area contributed by atoms with Crippen LogP contribution in [0.3, 0.4) is 0 Å². The normalized spacial score (nSPS) is 13.2. The first-order chi connectivity index (χ1) is 14.3.